The molecular formula is C24H24N10. The van der Waals surface area contributed by atoms with Gasteiger partial charge in [0.05, 0.1) is 22.8 Å². The fraction of sp³-hybridized carbons (Fsp3) is 0.458. The first kappa shape index (κ1) is 18.7. The maximum Gasteiger partial charge on any atom is 0.171 e. The van der Waals surface area contributed by atoms with Crippen LogP contribution in [0.1, 0.15) is 50.2 Å². The van der Waals surface area contributed by atoms with E-state index in [1.807, 2.05) is 57.4 Å². The van der Waals surface area contributed by atoms with E-state index in [0.717, 1.165) is 66.1 Å². The largest absolute Gasteiger partial charge is 0.216 e. The Kier molecular flexibility index (Phi) is 3.44. The van der Waals surface area contributed by atoms with Gasteiger partial charge in [0.15, 0.2) is 22.9 Å². The number of para-hydroxylation sites is 1. The molecule has 0 spiro atoms. The van der Waals surface area contributed by atoms with Crippen LogP contribution in [-0.2, 0) is 11.0 Å². The molecule has 2 atom stereocenters. The molecule has 0 N–H and O–H groups in total. The number of nitrogens with zero attached hydrogens (tertiary/aromatic N) is 10. The number of benzene rings is 1. The lowest BCUT2D eigenvalue weighted by molar-refractivity contribution is -0.0785. The molecule has 0 radical (unpaired) electrons. The Morgan fingerprint density at radius 2 is 1.79 bits per heavy atom. The van der Waals surface area contributed by atoms with Crippen molar-refractivity contribution < 1.29 is 0 Å². The lowest BCUT2D eigenvalue weighted by Gasteiger charge is -2.60. The highest BCUT2D eigenvalue weighted by Crippen LogP contribution is 2.64. The summed E-state index contributed by atoms with van der Waals surface area (Å²) >= 11 is 0. The molecule has 0 aliphatic heterocycles. The van der Waals surface area contributed by atoms with Gasteiger partial charge in [-0.15, -0.1) is 15.3 Å². The third kappa shape index (κ3) is 2.43. The lowest BCUT2D eigenvalue weighted by Crippen LogP contribution is -2.59. The molecule has 10 heteroatoms. The first-order valence-electron chi connectivity index (χ1n) is 12.0. The van der Waals surface area contributed by atoms with Gasteiger partial charge in [0.25, 0.3) is 0 Å². The van der Waals surface area contributed by atoms with Crippen LogP contribution in [0.3, 0.4) is 0 Å². The lowest BCUT2D eigenvalue weighted by atomic mass is 9.46. The van der Waals surface area contributed by atoms with Crippen LogP contribution in [-0.4, -0.2) is 49.6 Å². The Balaban J connectivity index is 1.26. The summed E-state index contributed by atoms with van der Waals surface area (Å²) in [4.78, 5) is 11.8. The van der Waals surface area contributed by atoms with E-state index in [0.29, 0.717) is 11.8 Å². The zero-order valence-corrected chi connectivity index (χ0v) is 18.9. The second-order valence-electron chi connectivity index (χ2n) is 10.7. The molecule has 4 heterocycles. The van der Waals surface area contributed by atoms with Crippen molar-refractivity contribution in [3.8, 4) is 5.69 Å². The highest BCUT2D eigenvalue weighted by atomic mass is 15.6. The molecule has 1 aromatic carbocycles. The van der Waals surface area contributed by atoms with Crippen LogP contribution in [0.15, 0.2) is 42.9 Å². The summed E-state index contributed by atoms with van der Waals surface area (Å²) in [6, 6.07) is 10.1. The third-order valence-corrected chi connectivity index (χ3v) is 8.35. The second-order valence-corrected chi connectivity index (χ2v) is 10.7. The molecular weight excluding hydrogens is 428 g/mol. The number of aromatic nitrogens is 10. The SMILES string of the molecule is Cc1nnn(C23C[C@@H]4C[C@H](CC(c5nc6c7cnn(-c8ccccc8)c7ncn6n5)(C4)C2)C3)n1. The minimum atomic E-state index is -0.0748. The maximum atomic E-state index is 5.16. The molecule has 4 aromatic heterocycles. The molecule has 0 saturated heterocycles. The molecule has 4 saturated carbocycles. The van der Waals surface area contributed by atoms with Crippen molar-refractivity contribution in [2.45, 2.75) is 56.4 Å². The van der Waals surface area contributed by atoms with Gasteiger partial charge >= 0.3 is 0 Å². The Morgan fingerprint density at radius 1 is 0.971 bits per heavy atom. The molecule has 4 aliphatic carbocycles. The number of hydrogen-bond acceptors (Lipinski definition) is 7. The highest BCUT2D eigenvalue weighted by molar-refractivity contribution is 5.89. The average molecular weight is 453 g/mol. The van der Waals surface area contributed by atoms with Crippen LogP contribution < -0.4 is 0 Å². The predicted molar refractivity (Wildman–Crippen MR) is 122 cm³/mol. The first-order chi connectivity index (χ1) is 16.6. The summed E-state index contributed by atoms with van der Waals surface area (Å²) in [6.45, 7) is 1.91. The Hall–Kier alpha value is -3.69. The summed E-state index contributed by atoms with van der Waals surface area (Å²) in [5.74, 6) is 2.97. The van der Waals surface area contributed by atoms with E-state index in [-0.39, 0.29) is 11.0 Å². The molecule has 34 heavy (non-hydrogen) atoms. The first-order valence-corrected chi connectivity index (χ1v) is 12.0. The van der Waals surface area contributed by atoms with Crippen LogP contribution in [0.4, 0.5) is 0 Å². The normalized spacial score (nSPS) is 30.0. The number of tetrazole rings is 1. The van der Waals surface area contributed by atoms with Crippen molar-refractivity contribution in [2.24, 2.45) is 11.8 Å². The Labute approximate surface area is 195 Å². The van der Waals surface area contributed by atoms with Gasteiger partial charge < -0.3 is 0 Å². The zero-order chi connectivity index (χ0) is 22.5. The molecule has 170 valence electrons. The molecule has 0 unspecified atom stereocenters. The van der Waals surface area contributed by atoms with E-state index in [4.69, 9.17) is 15.1 Å². The Morgan fingerprint density at radius 3 is 2.56 bits per heavy atom. The van der Waals surface area contributed by atoms with E-state index < -0.39 is 0 Å². The molecule has 10 nitrogen and oxygen atoms in total. The summed E-state index contributed by atoms with van der Waals surface area (Å²) in [7, 11) is 0. The summed E-state index contributed by atoms with van der Waals surface area (Å²) in [5.41, 5.74) is 2.46. The number of fused-ring (bicyclic) bond motifs is 3. The fourth-order valence-corrected chi connectivity index (χ4v) is 7.50. The van der Waals surface area contributed by atoms with E-state index in [1.54, 1.807) is 6.33 Å². The van der Waals surface area contributed by atoms with E-state index >= 15 is 0 Å². The molecule has 0 amide bonds. The van der Waals surface area contributed by atoms with Crippen molar-refractivity contribution in [3.05, 3.63) is 54.5 Å². The summed E-state index contributed by atoms with van der Waals surface area (Å²) in [6.07, 6.45) is 10.4. The van der Waals surface area contributed by atoms with E-state index in [1.165, 1.54) is 6.42 Å². The summed E-state index contributed by atoms with van der Waals surface area (Å²) < 4.78 is 3.69. The monoisotopic (exact) mass is 452 g/mol. The van der Waals surface area contributed by atoms with Crippen LogP contribution in [0.25, 0.3) is 22.4 Å². The van der Waals surface area contributed by atoms with E-state index in [2.05, 4.69) is 20.5 Å². The van der Waals surface area contributed by atoms with Crippen LogP contribution >= 0.6 is 0 Å². The maximum absolute atomic E-state index is 5.16. The van der Waals surface area contributed by atoms with Crippen molar-refractivity contribution in [3.63, 3.8) is 0 Å². The fourth-order valence-electron chi connectivity index (χ4n) is 7.50. The standard InChI is InChI=1S/C24H24N10/c1-15-28-31-34(29-15)24-10-16-7-17(11-24)9-23(8-16,13-24)22-27-21-19-12-26-33(18-5-3-2-4-6-18)20(19)25-14-32(21)30-22/h2-6,12,14,16-17H,7-11,13H2,1H3/t16-,17-,23?,24?/m1/s1. The van der Waals surface area contributed by atoms with Crippen molar-refractivity contribution >= 4 is 16.7 Å². The number of aryl methyl sites for hydroxylation is 1. The number of hydrogen-bond donors (Lipinski definition) is 0. The minimum absolute atomic E-state index is 0.0562. The van der Waals surface area contributed by atoms with Gasteiger partial charge in [-0.3, -0.25) is 0 Å². The van der Waals surface area contributed by atoms with Crippen LogP contribution in [0.5, 0.6) is 0 Å². The highest BCUT2D eigenvalue weighted by Gasteiger charge is 2.61. The third-order valence-electron chi connectivity index (χ3n) is 8.35. The molecule has 9 rings (SSSR count). The van der Waals surface area contributed by atoms with Crippen molar-refractivity contribution in [1.82, 2.24) is 49.6 Å². The van der Waals surface area contributed by atoms with Gasteiger partial charge in [-0.25, -0.2) is 19.2 Å². The quantitative estimate of drug-likeness (QED) is 0.414. The molecule has 4 fully saturated rings. The van der Waals surface area contributed by atoms with Gasteiger partial charge in [0.1, 0.15) is 6.33 Å². The van der Waals surface area contributed by atoms with Gasteiger partial charge in [0.2, 0.25) is 0 Å². The van der Waals surface area contributed by atoms with Gasteiger partial charge in [0, 0.05) is 5.41 Å². The van der Waals surface area contributed by atoms with Crippen LogP contribution in [0, 0.1) is 18.8 Å². The minimum Gasteiger partial charge on any atom is -0.216 e. The van der Waals surface area contributed by atoms with Crippen LogP contribution in [0.2, 0.25) is 0 Å². The van der Waals surface area contributed by atoms with Crippen molar-refractivity contribution in [2.75, 3.05) is 0 Å². The Bertz CT molecular complexity index is 1550. The van der Waals surface area contributed by atoms with Gasteiger partial charge in [-0.05, 0) is 74.6 Å². The van der Waals surface area contributed by atoms with Gasteiger partial charge in [-0.2, -0.15) is 9.90 Å². The van der Waals surface area contributed by atoms with Gasteiger partial charge in [-0.1, -0.05) is 18.2 Å². The zero-order valence-electron chi connectivity index (χ0n) is 18.9. The number of rotatable bonds is 3. The topological polar surface area (TPSA) is 104 Å². The molecule has 4 aliphatic rings. The van der Waals surface area contributed by atoms with E-state index in [9.17, 15) is 0 Å². The summed E-state index contributed by atoms with van der Waals surface area (Å²) in [5, 5.41) is 23.9. The van der Waals surface area contributed by atoms with Crippen molar-refractivity contribution in [1.29, 1.82) is 0 Å². The average Bonchev–Trinajstić information content (AvgIpc) is 3.56. The predicted octanol–water partition coefficient (Wildman–Crippen LogP) is 3.01. The second kappa shape index (κ2) is 6.25. The molecule has 5 aromatic rings. The smallest absolute Gasteiger partial charge is 0.171 e. The molecule has 4 bridgehead atoms.